The van der Waals surface area contributed by atoms with Crippen LogP contribution < -0.4 is 10.1 Å². The quantitative estimate of drug-likeness (QED) is 0.318. The highest BCUT2D eigenvalue weighted by Crippen LogP contribution is 2.34. The Hall–Kier alpha value is -3.61. The molecule has 0 fully saturated rings. The number of carboxylic acids is 1. The summed E-state index contributed by atoms with van der Waals surface area (Å²) in [5.74, 6) is -2.34. The first-order valence-electron chi connectivity index (χ1n) is 10.9. The van der Waals surface area contributed by atoms with Crippen LogP contribution in [0.5, 0.6) is 5.75 Å². The first-order valence-corrected chi connectivity index (χ1v) is 11.9. The second kappa shape index (κ2) is 12.1. The van der Waals surface area contributed by atoms with Gasteiger partial charge < -0.3 is 20.1 Å². The van der Waals surface area contributed by atoms with E-state index in [0.29, 0.717) is 0 Å². The number of hydrogen-bond donors (Lipinski definition) is 2. The fraction of sp³-hybridized carbons (Fsp3) is 0.192. The Morgan fingerprint density at radius 1 is 1.00 bits per heavy atom. The first-order chi connectivity index (χ1) is 17.5. The Morgan fingerprint density at radius 3 is 2.22 bits per heavy atom. The lowest BCUT2D eigenvalue weighted by atomic mass is 10.0. The van der Waals surface area contributed by atoms with Crippen LogP contribution in [0.25, 0.3) is 0 Å². The number of benzene rings is 3. The lowest BCUT2D eigenvalue weighted by molar-refractivity contribution is -0.139. The Bertz CT molecular complexity index is 1280. The number of nitrogens with zero attached hydrogens (tertiary/aromatic N) is 1. The molecule has 0 atom stereocenters. The molecule has 0 unspecified atom stereocenters. The Morgan fingerprint density at radius 2 is 1.65 bits per heavy atom. The Kier molecular flexibility index (Phi) is 9.14. The molecular formula is C26H22F3IN2O5. The van der Waals surface area contributed by atoms with Crippen LogP contribution in [0, 0.1) is 3.57 Å². The summed E-state index contributed by atoms with van der Waals surface area (Å²) >= 11 is 2.14. The van der Waals surface area contributed by atoms with Crippen molar-refractivity contribution in [2.24, 2.45) is 0 Å². The summed E-state index contributed by atoms with van der Waals surface area (Å²) in [4.78, 5) is 37.9. The molecule has 0 aliphatic rings. The Balaban J connectivity index is 1.70. The molecule has 194 valence electrons. The van der Waals surface area contributed by atoms with E-state index in [9.17, 15) is 32.7 Å². The van der Waals surface area contributed by atoms with Gasteiger partial charge in [-0.15, -0.1) is 0 Å². The fourth-order valence-corrected chi connectivity index (χ4v) is 3.89. The highest BCUT2D eigenvalue weighted by Gasteiger charge is 2.34. The Labute approximate surface area is 224 Å². The monoisotopic (exact) mass is 626 g/mol. The van der Waals surface area contributed by atoms with Gasteiger partial charge in [-0.25, -0.2) is 0 Å². The molecule has 0 bridgehead atoms. The molecule has 7 nitrogen and oxygen atoms in total. The maximum Gasteiger partial charge on any atom is 0.416 e. The number of ether oxygens (including phenoxy) is 1. The van der Waals surface area contributed by atoms with Crippen molar-refractivity contribution in [3.63, 3.8) is 0 Å². The van der Waals surface area contributed by atoms with Gasteiger partial charge in [-0.2, -0.15) is 13.2 Å². The number of carbonyl (C=O) groups is 3. The molecule has 3 aromatic carbocycles. The molecule has 3 aromatic rings. The summed E-state index contributed by atoms with van der Waals surface area (Å²) in [6, 6.07) is 16.3. The number of rotatable bonds is 9. The lowest BCUT2D eigenvalue weighted by Gasteiger charge is -2.21. The summed E-state index contributed by atoms with van der Waals surface area (Å²) in [7, 11) is 1.25. The van der Waals surface area contributed by atoms with Crippen LogP contribution in [0.4, 0.5) is 18.9 Å². The van der Waals surface area contributed by atoms with Gasteiger partial charge in [0.2, 0.25) is 5.91 Å². The molecule has 0 radical (unpaired) electrons. The number of methoxy groups -OCH3 is 1. The van der Waals surface area contributed by atoms with E-state index in [1.807, 2.05) is 12.1 Å². The van der Waals surface area contributed by atoms with Crippen LogP contribution in [0.2, 0.25) is 0 Å². The topological polar surface area (TPSA) is 95.9 Å². The van der Waals surface area contributed by atoms with Gasteiger partial charge in [0.05, 0.1) is 19.1 Å². The molecule has 11 heteroatoms. The van der Waals surface area contributed by atoms with Crippen molar-refractivity contribution in [2.45, 2.75) is 19.1 Å². The van der Waals surface area contributed by atoms with Crippen LogP contribution in [0.15, 0.2) is 66.7 Å². The summed E-state index contributed by atoms with van der Waals surface area (Å²) in [5.41, 5.74) is 0.0491. The molecule has 0 spiro atoms. The minimum absolute atomic E-state index is 0.0238. The average Bonchev–Trinajstić information content (AvgIpc) is 2.84. The lowest BCUT2D eigenvalue weighted by Crippen LogP contribution is -2.35. The summed E-state index contributed by atoms with van der Waals surface area (Å²) in [5, 5.41) is 11.8. The minimum atomic E-state index is -4.66. The number of amides is 2. The van der Waals surface area contributed by atoms with Gasteiger partial charge in [-0.1, -0.05) is 18.2 Å². The van der Waals surface area contributed by atoms with Crippen molar-refractivity contribution >= 4 is 46.1 Å². The van der Waals surface area contributed by atoms with E-state index in [4.69, 9.17) is 4.74 Å². The molecular weight excluding hydrogens is 604 g/mol. The molecule has 0 saturated carbocycles. The third kappa shape index (κ3) is 7.94. The molecule has 2 N–H and O–H groups in total. The van der Waals surface area contributed by atoms with Gasteiger partial charge in [0.1, 0.15) is 12.3 Å². The van der Waals surface area contributed by atoms with E-state index in [1.54, 1.807) is 12.1 Å². The second-order valence-corrected chi connectivity index (χ2v) is 9.25. The van der Waals surface area contributed by atoms with Crippen LogP contribution in [-0.2, 0) is 28.7 Å². The van der Waals surface area contributed by atoms with Crippen LogP contribution in [-0.4, -0.2) is 41.4 Å². The minimum Gasteiger partial charge on any atom is -0.497 e. The first kappa shape index (κ1) is 28.0. The SMILES string of the molecule is COc1ccc(CC(=O)Nc2ccc(C(=O)N(CC(=O)O)Cc3ccc(I)cc3)cc2)c(C(F)(F)F)c1. The number of nitrogens with one attached hydrogen (secondary N) is 1. The molecule has 3 rings (SSSR count). The molecule has 2 amide bonds. The third-order valence-electron chi connectivity index (χ3n) is 5.29. The third-order valence-corrected chi connectivity index (χ3v) is 6.01. The van der Waals surface area contributed by atoms with Crippen LogP contribution in [0.1, 0.15) is 27.0 Å². The molecule has 0 saturated heterocycles. The van der Waals surface area contributed by atoms with Crippen LogP contribution >= 0.6 is 22.6 Å². The predicted octanol–water partition coefficient (Wildman–Crippen LogP) is 5.23. The molecule has 0 aromatic heterocycles. The standard InChI is InChI=1S/C26H22F3IN2O5/c1-37-21-11-6-18(22(13-21)26(27,28)29)12-23(33)31-20-9-4-17(5-10-20)25(36)32(15-24(34)35)14-16-2-7-19(30)8-3-16/h2-11,13H,12,14-15H2,1H3,(H,31,33)(H,34,35). The molecule has 37 heavy (non-hydrogen) atoms. The van der Waals surface area contributed by atoms with Gasteiger partial charge in [0.25, 0.3) is 5.91 Å². The summed E-state index contributed by atoms with van der Waals surface area (Å²) in [6.45, 7) is -0.420. The van der Waals surface area contributed by atoms with Gasteiger partial charge >= 0.3 is 12.1 Å². The number of hydrogen-bond acceptors (Lipinski definition) is 4. The van der Waals surface area contributed by atoms with Crippen LogP contribution in [0.3, 0.4) is 0 Å². The van der Waals surface area contributed by atoms with E-state index in [2.05, 4.69) is 27.9 Å². The molecule has 0 aliphatic carbocycles. The van der Waals surface area contributed by atoms with Crippen molar-refractivity contribution in [3.8, 4) is 5.75 Å². The van der Waals surface area contributed by atoms with E-state index < -0.39 is 42.5 Å². The van der Waals surface area contributed by atoms with E-state index in [-0.39, 0.29) is 29.1 Å². The second-order valence-electron chi connectivity index (χ2n) is 8.00. The van der Waals surface area contributed by atoms with Crippen molar-refractivity contribution in [2.75, 3.05) is 19.0 Å². The van der Waals surface area contributed by atoms with Crippen molar-refractivity contribution in [3.05, 3.63) is 92.6 Å². The number of halogens is 4. The molecule has 0 aliphatic heterocycles. The van der Waals surface area contributed by atoms with Crippen molar-refractivity contribution in [1.82, 2.24) is 4.90 Å². The zero-order valence-electron chi connectivity index (χ0n) is 19.5. The number of carbonyl (C=O) groups excluding carboxylic acids is 2. The fourth-order valence-electron chi connectivity index (χ4n) is 3.53. The van der Waals surface area contributed by atoms with Gasteiger partial charge in [0.15, 0.2) is 0 Å². The predicted molar refractivity (Wildman–Crippen MR) is 138 cm³/mol. The van der Waals surface area contributed by atoms with E-state index >= 15 is 0 Å². The smallest absolute Gasteiger partial charge is 0.416 e. The maximum absolute atomic E-state index is 13.4. The highest BCUT2D eigenvalue weighted by molar-refractivity contribution is 14.1. The zero-order chi connectivity index (χ0) is 27.2. The van der Waals surface area contributed by atoms with Gasteiger partial charge in [0, 0.05) is 21.4 Å². The molecule has 0 heterocycles. The maximum atomic E-state index is 13.4. The summed E-state index contributed by atoms with van der Waals surface area (Å²) < 4.78 is 46.0. The van der Waals surface area contributed by atoms with Gasteiger partial charge in [-0.05, 0) is 82.2 Å². The van der Waals surface area contributed by atoms with Gasteiger partial charge in [-0.3, -0.25) is 14.4 Å². The van der Waals surface area contributed by atoms with E-state index in [0.717, 1.165) is 15.2 Å². The van der Waals surface area contributed by atoms with Crippen molar-refractivity contribution in [1.29, 1.82) is 0 Å². The van der Waals surface area contributed by atoms with E-state index in [1.165, 1.54) is 48.4 Å². The largest absolute Gasteiger partial charge is 0.497 e. The summed E-state index contributed by atoms with van der Waals surface area (Å²) in [6.07, 6.45) is -5.19. The number of aliphatic carboxylic acids is 1. The van der Waals surface area contributed by atoms with Crippen molar-refractivity contribution < 1.29 is 37.4 Å². The number of carboxylic acid groups (broad SMARTS) is 1. The highest BCUT2D eigenvalue weighted by atomic mass is 127. The number of anilines is 1. The average molecular weight is 626 g/mol. The normalized spacial score (nSPS) is 11.1. The zero-order valence-corrected chi connectivity index (χ0v) is 21.7. The number of alkyl halides is 3.